The molecule has 1 atom stereocenters. The molecule has 0 N–H and O–H groups in total. The lowest BCUT2D eigenvalue weighted by Gasteiger charge is -2.15. The first-order valence-electron chi connectivity index (χ1n) is 8.17. The quantitative estimate of drug-likeness (QED) is 0.806. The highest BCUT2D eigenvalue weighted by atomic mass is 32.1. The van der Waals surface area contributed by atoms with E-state index in [1.165, 1.54) is 22.2 Å². The lowest BCUT2D eigenvalue weighted by Crippen LogP contribution is -2.30. The predicted octanol–water partition coefficient (Wildman–Crippen LogP) is 3.10. The highest BCUT2D eigenvalue weighted by Gasteiger charge is 2.24. The van der Waals surface area contributed by atoms with Gasteiger partial charge in [-0.1, -0.05) is 13.8 Å². The maximum absolute atomic E-state index is 12.9. The fraction of sp³-hybridized carbons (Fsp3) is 0.588. The van der Waals surface area contributed by atoms with Gasteiger partial charge in [-0.2, -0.15) is 0 Å². The highest BCUT2D eigenvalue weighted by Crippen LogP contribution is 2.33. The molecule has 0 aliphatic heterocycles. The van der Waals surface area contributed by atoms with Crippen molar-refractivity contribution < 1.29 is 9.53 Å². The van der Waals surface area contributed by atoms with Gasteiger partial charge in [0.2, 0.25) is 0 Å². The summed E-state index contributed by atoms with van der Waals surface area (Å²) in [5, 5.41) is 0.704. The molecular formula is C17H22N2O3S. The Morgan fingerprint density at radius 3 is 2.83 bits per heavy atom. The normalized spacial score (nSPS) is 15.7. The maximum Gasteiger partial charge on any atom is 0.329 e. The van der Waals surface area contributed by atoms with Crippen LogP contribution in [0.2, 0.25) is 0 Å². The van der Waals surface area contributed by atoms with Crippen LogP contribution in [0.1, 0.15) is 50.1 Å². The first-order valence-corrected chi connectivity index (χ1v) is 8.98. The summed E-state index contributed by atoms with van der Waals surface area (Å²) in [7, 11) is 0. The monoisotopic (exact) mass is 334 g/mol. The molecule has 0 amide bonds. The van der Waals surface area contributed by atoms with Gasteiger partial charge in [0.25, 0.3) is 5.56 Å². The Hall–Kier alpha value is -1.69. The predicted molar refractivity (Wildman–Crippen MR) is 91.0 cm³/mol. The van der Waals surface area contributed by atoms with Gasteiger partial charge in [0, 0.05) is 4.88 Å². The van der Waals surface area contributed by atoms with Crippen molar-refractivity contribution in [1.82, 2.24) is 9.55 Å². The molecule has 0 aromatic carbocycles. The fourth-order valence-corrected chi connectivity index (χ4v) is 4.14. The van der Waals surface area contributed by atoms with Crippen molar-refractivity contribution in [2.45, 2.75) is 52.5 Å². The highest BCUT2D eigenvalue weighted by molar-refractivity contribution is 7.18. The van der Waals surface area contributed by atoms with Crippen LogP contribution in [0.15, 0.2) is 11.1 Å². The van der Waals surface area contributed by atoms with Crippen LogP contribution in [0.4, 0.5) is 0 Å². The number of hydrogen-bond donors (Lipinski definition) is 0. The summed E-state index contributed by atoms with van der Waals surface area (Å²) in [6, 6.07) is -0.655. The van der Waals surface area contributed by atoms with E-state index in [1.54, 1.807) is 18.3 Å². The van der Waals surface area contributed by atoms with Crippen molar-refractivity contribution in [2.24, 2.45) is 5.92 Å². The molecule has 0 saturated heterocycles. The Morgan fingerprint density at radius 2 is 2.09 bits per heavy atom. The van der Waals surface area contributed by atoms with Crippen molar-refractivity contribution in [3.63, 3.8) is 0 Å². The van der Waals surface area contributed by atoms with Gasteiger partial charge in [0.05, 0.1) is 18.3 Å². The number of aromatic nitrogens is 2. The molecule has 0 bridgehead atoms. The number of carbonyl (C=O) groups is 1. The number of carbonyl (C=O) groups excluding carboxylic acids is 1. The molecule has 5 nitrogen and oxygen atoms in total. The van der Waals surface area contributed by atoms with Crippen molar-refractivity contribution in [2.75, 3.05) is 6.61 Å². The lowest BCUT2D eigenvalue weighted by molar-refractivity contribution is -0.148. The number of thiophene rings is 1. The number of fused-ring (bicyclic) bond motifs is 3. The number of rotatable bonds is 4. The summed E-state index contributed by atoms with van der Waals surface area (Å²) in [4.78, 5) is 31.5. The average molecular weight is 334 g/mol. The largest absolute Gasteiger partial charge is 0.464 e. The molecular weight excluding hydrogens is 312 g/mol. The second kappa shape index (κ2) is 6.43. The van der Waals surface area contributed by atoms with E-state index in [2.05, 4.69) is 4.98 Å². The summed E-state index contributed by atoms with van der Waals surface area (Å²) < 4.78 is 6.67. The van der Waals surface area contributed by atoms with Crippen LogP contribution in [0.5, 0.6) is 0 Å². The first kappa shape index (κ1) is 16.2. The zero-order valence-corrected chi connectivity index (χ0v) is 14.6. The minimum Gasteiger partial charge on any atom is -0.464 e. The zero-order chi connectivity index (χ0) is 16.6. The van der Waals surface area contributed by atoms with Gasteiger partial charge in [-0.15, -0.1) is 11.3 Å². The SMILES string of the molecule is CC(C)COC(=O)[C@@H](C)n1cnc2sc3c(c2c1=O)CCCC3. The van der Waals surface area contributed by atoms with Gasteiger partial charge in [0.1, 0.15) is 10.9 Å². The molecule has 1 aliphatic carbocycles. The van der Waals surface area contributed by atoms with E-state index < -0.39 is 6.04 Å². The first-order chi connectivity index (χ1) is 11.0. The van der Waals surface area contributed by atoms with Crippen LogP contribution in [0, 0.1) is 5.92 Å². The maximum atomic E-state index is 12.9. The third-order valence-corrected chi connectivity index (χ3v) is 5.42. The van der Waals surface area contributed by atoms with Crippen LogP contribution in [-0.4, -0.2) is 22.1 Å². The minimum atomic E-state index is -0.655. The van der Waals surface area contributed by atoms with Crippen LogP contribution < -0.4 is 5.56 Å². The van der Waals surface area contributed by atoms with Crippen LogP contribution in [0.25, 0.3) is 10.2 Å². The summed E-state index contributed by atoms with van der Waals surface area (Å²) in [6.07, 6.45) is 5.73. The van der Waals surface area contributed by atoms with Gasteiger partial charge in [0.15, 0.2) is 0 Å². The van der Waals surface area contributed by atoms with Crippen LogP contribution >= 0.6 is 11.3 Å². The zero-order valence-electron chi connectivity index (χ0n) is 13.8. The van der Waals surface area contributed by atoms with Crippen molar-refractivity contribution in [1.29, 1.82) is 0 Å². The second-order valence-electron chi connectivity index (χ2n) is 6.55. The number of nitrogens with zero attached hydrogens (tertiary/aromatic N) is 2. The Balaban J connectivity index is 1.97. The summed E-state index contributed by atoms with van der Waals surface area (Å²) in [6.45, 7) is 6.02. The van der Waals surface area contributed by atoms with Crippen molar-refractivity contribution >= 4 is 27.5 Å². The Morgan fingerprint density at radius 1 is 1.35 bits per heavy atom. The fourth-order valence-electron chi connectivity index (χ4n) is 2.92. The van der Waals surface area contributed by atoms with E-state index in [0.29, 0.717) is 12.0 Å². The lowest BCUT2D eigenvalue weighted by atomic mass is 9.97. The average Bonchev–Trinajstić information content (AvgIpc) is 2.91. The molecule has 1 aliphatic rings. The van der Waals surface area contributed by atoms with Gasteiger partial charge in [-0.25, -0.2) is 9.78 Å². The Bertz CT molecular complexity index is 791. The second-order valence-corrected chi connectivity index (χ2v) is 7.63. The minimum absolute atomic E-state index is 0.122. The molecule has 0 saturated carbocycles. The molecule has 6 heteroatoms. The molecule has 2 aromatic rings. The summed E-state index contributed by atoms with van der Waals surface area (Å²) >= 11 is 1.62. The van der Waals surface area contributed by atoms with Gasteiger partial charge in [-0.05, 0) is 44.1 Å². The molecule has 0 radical (unpaired) electrons. The van der Waals surface area contributed by atoms with E-state index in [9.17, 15) is 9.59 Å². The van der Waals surface area contributed by atoms with Crippen molar-refractivity contribution in [3.05, 3.63) is 27.1 Å². The standard InChI is InChI=1S/C17H22N2O3S/c1-10(2)8-22-17(21)11(3)19-9-18-15-14(16(19)20)12-6-4-5-7-13(12)23-15/h9-11H,4-8H2,1-3H3/t11-/m1/s1. The van der Waals surface area contributed by atoms with Crippen LogP contribution in [-0.2, 0) is 22.4 Å². The van der Waals surface area contributed by atoms with Gasteiger partial charge < -0.3 is 4.74 Å². The van der Waals surface area contributed by atoms with E-state index in [-0.39, 0.29) is 17.4 Å². The smallest absolute Gasteiger partial charge is 0.329 e. The van der Waals surface area contributed by atoms with E-state index in [0.717, 1.165) is 29.7 Å². The van der Waals surface area contributed by atoms with E-state index in [4.69, 9.17) is 4.74 Å². The molecule has 0 spiro atoms. The number of ether oxygens (including phenoxy) is 1. The Kier molecular flexibility index (Phi) is 4.53. The third-order valence-electron chi connectivity index (χ3n) is 4.22. The third kappa shape index (κ3) is 3.04. The van der Waals surface area contributed by atoms with Gasteiger partial charge >= 0.3 is 5.97 Å². The molecule has 2 aromatic heterocycles. The van der Waals surface area contributed by atoms with Gasteiger partial charge in [-0.3, -0.25) is 9.36 Å². The molecule has 3 rings (SSSR count). The molecule has 0 unspecified atom stereocenters. The van der Waals surface area contributed by atoms with Crippen molar-refractivity contribution in [3.8, 4) is 0 Å². The molecule has 2 heterocycles. The molecule has 0 fully saturated rings. The number of esters is 1. The number of hydrogen-bond acceptors (Lipinski definition) is 5. The topological polar surface area (TPSA) is 61.2 Å². The number of aryl methyl sites for hydroxylation is 2. The van der Waals surface area contributed by atoms with E-state index >= 15 is 0 Å². The summed E-state index contributed by atoms with van der Waals surface area (Å²) in [5.41, 5.74) is 1.02. The van der Waals surface area contributed by atoms with E-state index in [1.807, 2.05) is 13.8 Å². The molecule has 23 heavy (non-hydrogen) atoms. The Labute approximate surface area is 139 Å². The van der Waals surface area contributed by atoms with Crippen LogP contribution in [0.3, 0.4) is 0 Å². The molecule has 124 valence electrons. The summed E-state index contributed by atoms with van der Waals surface area (Å²) in [5.74, 6) is -0.113.